The summed E-state index contributed by atoms with van der Waals surface area (Å²) in [6.45, 7) is 2.09. The Labute approximate surface area is 117 Å². The van der Waals surface area contributed by atoms with Crippen molar-refractivity contribution in [2.75, 3.05) is 38.2 Å². The highest BCUT2D eigenvalue weighted by Gasteiger charge is 2.21. The Morgan fingerprint density at radius 2 is 2.21 bits per heavy atom. The third kappa shape index (κ3) is 4.47. The Bertz CT molecular complexity index is 424. The average molecular weight is 285 g/mol. The van der Waals surface area contributed by atoms with Crippen LogP contribution in [0.3, 0.4) is 0 Å². The van der Waals surface area contributed by atoms with Gasteiger partial charge in [0, 0.05) is 23.8 Å². The molecule has 0 radical (unpaired) electrons. The van der Waals surface area contributed by atoms with Gasteiger partial charge in [-0.05, 0) is 24.3 Å². The first-order valence-corrected chi connectivity index (χ1v) is 6.55. The minimum Gasteiger partial charge on any atom is -0.394 e. The molecule has 1 aromatic carbocycles. The number of nitrogens with zero attached hydrogens (tertiary/aromatic N) is 1. The third-order valence-corrected chi connectivity index (χ3v) is 3.17. The summed E-state index contributed by atoms with van der Waals surface area (Å²) in [4.78, 5) is 13.8. The van der Waals surface area contributed by atoms with Crippen LogP contribution in [0.1, 0.15) is 0 Å². The molecule has 1 aromatic rings. The van der Waals surface area contributed by atoms with Crippen LogP contribution < -0.4 is 5.32 Å². The van der Waals surface area contributed by atoms with Crippen LogP contribution in [0.15, 0.2) is 24.3 Å². The summed E-state index contributed by atoms with van der Waals surface area (Å²) in [5, 5.41) is 12.5. The number of hydrogen-bond donors (Lipinski definition) is 2. The van der Waals surface area contributed by atoms with Crippen LogP contribution in [0.25, 0.3) is 0 Å². The van der Waals surface area contributed by atoms with E-state index in [0.29, 0.717) is 31.3 Å². The van der Waals surface area contributed by atoms with Gasteiger partial charge in [0.05, 0.1) is 25.9 Å². The molecule has 5 nitrogen and oxygen atoms in total. The van der Waals surface area contributed by atoms with Gasteiger partial charge in [-0.15, -0.1) is 0 Å². The standard InChI is InChI=1S/C13H17ClN2O3/c14-10-1-3-11(4-2-10)15-13(18)8-16-5-6-19-12(7-16)9-17/h1-4,12,17H,5-9H2,(H,15,18). The van der Waals surface area contributed by atoms with E-state index in [4.69, 9.17) is 21.4 Å². The summed E-state index contributed by atoms with van der Waals surface area (Å²) < 4.78 is 5.33. The number of ether oxygens (including phenoxy) is 1. The molecule has 2 rings (SSSR count). The molecular formula is C13H17ClN2O3. The molecule has 0 aliphatic carbocycles. The Kier molecular flexibility index (Phi) is 5.15. The fourth-order valence-corrected chi connectivity index (χ4v) is 2.10. The van der Waals surface area contributed by atoms with E-state index < -0.39 is 0 Å². The highest BCUT2D eigenvalue weighted by molar-refractivity contribution is 6.30. The van der Waals surface area contributed by atoms with E-state index in [2.05, 4.69) is 5.32 Å². The van der Waals surface area contributed by atoms with Crippen molar-refractivity contribution in [1.29, 1.82) is 0 Å². The van der Waals surface area contributed by atoms with Crippen molar-refractivity contribution in [2.45, 2.75) is 6.10 Å². The minimum absolute atomic E-state index is 0.0185. The van der Waals surface area contributed by atoms with Crippen molar-refractivity contribution in [1.82, 2.24) is 4.90 Å². The number of morpholine rings is 1. The zero-order chi connectivity index (χ0) is 13.7. The number of nitrogens with one attached hydrogen (secondary N) is 1. The van der Waals surface area contributed by atoms with Crippen LogP contribution in [0.2, 0.25) is 5.02 Å². The monoisotopic (exact) mass is 284 g/mol. The van der Waals surface area contributed by atoms with Crippen LogP contribution in [0.4, 0.5) is 5.69 Å². The summed E-state index contributed by atoms with van der Waals surface area (Å²) in [6, 6.07) is 6.98. The second-order valence-corrected chi connectivity index (χ2v) is 4.90. The van der Waals surface area contributed by atoms with E-state index in [-0.39, 0.29) is 18.6 Å². The van der Waals surface area contributed by atoms with E-state index >= 15 is 0 Å². The second kappa shape index (κ2) is 6.86. The molecule has 1 aliphatic rings. The Balaban J connectivity index is 1.82. The van der Waals surface area contributed by atoms with Crippen LogP contribution >= 0.6 is 11.6 Å². The Morgan fingerprint density at radius 1 is 1.47 bits per heavy atom. The number of carbonyl (C=O) groups is 1. The van der Waals surface area contributed by atoms with Crippen molar-refractivity contribution in [3.63, 3.8) is 0 Å². The van der Waals surface area contributed by atoms with E-state index in [9.17, 15) is 4.79 Å². The quantitative estimate of drug-likeness (QED) is 0.865. The minimum atomic E-state index is -0.197. The zero-order valence-electron chi connectivity index (χ0n) is 10.5. The lowest BCUT2D eigenvalue weighted by atomic mass is 10.2. The predicted molar refractivity (Wildman–Crippen MR) is 73.3 cm³/mol. The Morgan fingerprint density at radius 3 is 2.89 bits per heavy atom. The lowest BCUT2D eigenvalue weighted by molar-refractivity contribution is -0.120. The topological polar surface area (TPSA) is 61.8 Å². The van der Waals surface area contributed by atoms with Crippen molar-refractivity contribution in [3.05, 3.63) is 29.3 Å². The molecule has 0 saturated carbocycles. The average Bonchev–Trinajstić information content (AvgIpc) is 2.41. The molecule has 1 amide bonds. The number of aliphatic hydroxyl groups excluding tert-OH is 1. The Hall–Kier alpha value is -1.14. The number of rotatable bonds is 4. The second-order valence-electron chi connectivity index (χ2n) is 4.47. The van der Waals surface area contributed by atoms with Crippen LogP contribution in [0, 0.1) is 0 Å². The first-order valence-electron chi connectivity index (χ1n) is 6.17. The van der Waals surface area contributed by atoms with Gasteiger partial charge in [-0.1, -0.05) is 11.6 Å². The number of aliphatic hydroxyl groups is 1. The maximum atomic E-state index is 11.9. The van der Waals surface area contributed by atoms with Crippen LogP contribution in [-0.2, 0) is 9.53 Å². The highest BCUT2D eigenvalue weighted by atomic mass is 35.5. The van der Waals surface area contributed by atoms with E-state index in [0.717, 1.165) is 5.69 Å². The van der Waals surface area contributed by atoms with Crippen LogP contribution in [-0.4, -0.2) is 54.9 Å². The van der Waals surface area contributed by atoms with Gasteiger partial charge in [-0.2, -0.15) is 0 Å². The van der Waals surface area contributed by atoms with Crippen molar-refractivity contribution < 1.29 is 14.6 Å². The molecule has 1 saturated heterocycles. The summed E-state index contributed by atoms with van der Waals surface area (Å²) in [5.41, 5.74) is 0.723. The maximum Gasteiger partial charge on any atom is 0.238 e. The molecule has 0 bridgehead atoms. The maximum absolute atomic E-state index is 11.9. The molecule has 2 N–H and O–H groups in total. The smallest absolute Gasteiger partial charge is 0.238 e. The van der Waals surface area contributed by atoms with Crippen LogP contribution in [0.5, 0.6) is 0 Å². The normalized spacial score (nSPS) is 20.2. The molecule has 6 heteroatoms. The summed E-state index contributed by atoms with van der Waals surface area (Å²) in [7, 11) is 0. The fourth-order valence-electron chi connectivity index (χ4n) is 1.97. The van der Waals surface area contributed by atoms with E-state index in [1.54, 1.807) is 24.3 Å². The molecule has 1 fully saturated rings. The number of hydrogen-bond acceptors (Lipinski definition) is 4. The predicted octanol–water partition coefficient (Wildman–Crippen LogP) is 0.972. The van der Waals surface area contributed by atoms with Gasteiger partial charge in [-0.25, -0.2) is 0 Å². The van der Waals surface area contributed by atoms with Gasteiger partial charge in [-0.3, -0.25) is 9.69 Å². The summed E-state index contributed by atoms with van der Waals surface area (Å²) in [5.74, 6) is -0.0825. The van der Waals surface area contributed by atoms with Gasteiger partial charge < -0.3 is 15.2 Å². The number of carbonyl (C=O) groups excluding carboxylic acids is 1. The lowest BCUT2D eigenvalue weighted by Gasteiger charge is -2.31. The van der Waals surface area contributed by atoms with E-state index in [1.165, 1.54) is 0 Å². The lowest BCUT2D eigenvalue weighted by Crippen LogP contribution is -2.46. The van der Waals surface area contributed by atoms with Crippen molar-refractivity contribution in [3.8, 4) is 0 Å². The fraction of sp³-hybridized carbons (Fsp3) is 0.462. The third-order valence-electron chi connectivity index (χ3n) is 2.92. The first-order chi connectivity index (χ1) is 9.17. The number of benzene rings is 1. The molecule has 0 spiro atoms. The number of amides is 1. The summed E-state index contributed by atoms with van der Waals surface area (Å²) >= 11 is 5.78. The molecule has 1 atom stereocenters. The molecule has 1 aliphatic heterocycles. The zero-order valence-corrected chi connectivity index (χ0v) is 11.3. The molecule has 1 unspecified atom stereocenters. The van der Waals surface area contributed by atoms with Crippen molar-refractivity contribution in [2.24, 2.45) is 0 Å². The molecular weight excluding hydrogens is 268 g/mol. The van der Waals surface area contributed by atoms with Gasteiger partial charge >= 0.3 is 0 Å². The largest absolute Gasteiger partial charge is 0.394 e. The van der Waals surface area contributed by atoms with Gasteiger partial charge in [0.15, 0.2) is 0 Å². The molecule has 1 heterocycles. The number of halogens is 1. The van der Waals surface area contributed by atoms with Crippen molar-refractivity contribution >= 4 is 23.2 Å². The van der Waals surface area contributed by atoms with Gasteiger partial charge in [0.1, 0.15) is 0 Å². The van der Waals surface area contributed by atoms with Gasteiger partial charge in [0.2, 0.25) is 5.91 Å². The SMILES string of the molecule is O=C(CN1CCOC(CO)C1)Nc1ccc(Cl)cc1. The van der Waals surface area contributed by atoms with E-state index in [1.807, 2.05) is 4.90 Å². The highest BCUT2D eigenvalue weighted by Crippen LogP contribution is 2.13. The van der Waals surface area contributed by atoms with Gasteiger partial charge in [0.25, 0.3) is 0 Å². The molecule has 19 heavy (non-hydrogen) atoms. The molecule has 104 valence electrons. The first kappa shape index (κ1) is 14.3. The number of anilines is 1. The summed E-state index contributed by atoms with van der Waals surface area (Å²) in [6.07, 6.45) is -0.197. The molecule has 0 aromatic heterocycles.